The summed E-state index contributed by atoms with van der Waals surface area (Å²) in [7, 11) is 0. The highest BCUT2D eigenvalue weighted by atomic mass is 16.4. The number of carbonyl (C=O) groups is 1. The lowest BCUT2D eigenvalue weighted by molar-refractivity contribution is -0.141. The van der Waals surface area contributed by atoms with Crippen molar-refractivity contribution in [1.82, 2.24) is 0 Å². The Morgan fingerprint density at radius 3 is 2.10 bits per heavy atom. The predicted molar refractivity (Wildman–Crippen MR) is 86.9 cm³/mol. The minimum atomic E-state index is -0.691. The predicted octanol–water partition coefficient (Wildman–Crippen LogP) is 5.74. The summed E-state index contributed by atoms with van der Waals surface area (Å²) in [4.78, 5) is 10.7. The van der Waals surface area contributed by atoms with E-state index in [1.165, 1.54) is 43.3 Å². The molecule has 0 amide bonds. The van der Waals surface area contributed by atoms with Crippen molar-refractivity contribution in [1.29, 1.82) is 0 Å². The maximum atomic E-state index is 10.7. The van der Waals surface area contributed by atoms with Crippen LogP contribution in [0.4, 0.5) is 0 Å². The van der Waals surface area contributed by atoms with Crippen molar-refractivity contribution in [3.63, 3.8) is 0 Å². The summed E-state index contributed by atoms with van der Waals surface area (Å²) >= 11 is 0. The topological polar surface area (TPSA) is 37.3 Å². The van der Waals surface area contributed by atoms with Gasteiger partial charge in [-0.25, -0.2) is 0 Å². The van der Waals surface area contributed by atoms with E-state index in [-0.39, 0.29) is 5.92 Å². The van der Waals surface area contributed by atoms with Gasteiger partial charge in [-0.3, -0.25) is 4.79 Å². The summed E-state index contributed by atoms with van der Waals surface area (Å²) in [6, 6.07) is 0. The fourth-order valence-electron chi connectivity index (χ4n) is 2.11. The summed E-state index contributed by atoms with van der Waals surface area (Å²) in [5.74, 6) is -0.924. The largest absolute Gasteiger partial charge is 0.481 e. The molecule has 1 atom stereocenters. The maximum Gasteiger partial charge on any atom is 0.306 e. The van der Waals surface area contributed by atoms with Crippen LogP contribution in [0.25, 0.3) is 0 Å². The minimum Gasteiger partial charge on any atom is -0.481 e. The van der Waals surface area contributed by atoms with Gasteiger partial charge in [0.1, 0.15) is 0 Å². The van der Waals surface area contributed by atoms with Crippen molar-refractivity contribution >= 4 is 5.97 Å². The molecule has 116 valence electrons. The van der Waals surface area contributed by atoms with Gasteiger partial charge < -0.3 is 5.11 Å². The SMILES string of the molecule is CCCC/C=C(\C)CCC/C(C)=C/CCC(C)C(=O)O. The molecule has 0 saturated heterocycles. The second kappa shape index (κ2) is 11.7. The van der Waals surface area contributed by atoms with E-state index in [1.807, 2.05) is 0 Å². The number of hydrogen-bond donors (Lipinski definition) is 1. The molecule has 0 spiro atoms. The molecular formula is C18H32O2. The summed E-state index contributed by atoms with van der Waals surface area (Å²) in [6.07, 6.45) is 13.5. The van der Waals surface area contributed by atoms with Gasteiger partial charge in [0.05, 0.1) is 5.92 Å². The van der Waals surface area contributed by atoms with E-state index in [0.29, 0.717) is 0 Å². The first-order valence-corrected chi connectivity index (χ1v) is 8.01. The number of rotatable bonds is 11. The van der Waals surface area contributed by atoms with Crippen LogP contribution < -0.4 is 0 Å². The van der Waals surface area contributed by atoms with E-state index in [9.17, 15) is 4.79 Å². The number of carboxylic acid groups (broad SMARTS) is 1. The molecule has 1 N–H and O–H groups in total. The van der Waals surface area contributed by atoms with Crippen LogP contribution in [-0.4, -0.2) is 11.1 Å². The first kappa shape index (κ1) is 18.9. The highest BCUT2D eigenvalue weighted by molar-refractivity contribution is 5.69. The van der Waals surface area contributed by atoms with Crippen molar-refractivity contribution in [2.75, 3.05) is 0 Å². The van der Waals surface area contributed by atoms with Crippen LogP contribution in [0.5, 0.6) is 0 Å². The van der Waals surface area contributed by atoms with Crippen LogP contribution in [0.3, 0.4) is 0 Å². The Bertz CT molecular complexity index is 326. The molecule has 20 heavy (non-hydrogen) atoms. The lowest BCUT2D eigenvalue weighted by atomic mass is 10.0. The average Bonchev–Trinajstić information content (AvgIpc) is 2.38. The van der Waals surface area contributed by atoms with Gasteiger partial charge in [0, 0.05) is 0 Å². The molecule has 0 rings (SSSR count). The smallest absolute Gasteiger partial charge is 0.306 e. The zero-order chi connectivity index (χ0) is 15.4. The van der Waals surface area contributed by atoms with E-state index >= 15 is 0 Å². The Hall–Kier alpha value is -1.05. The fraction of sp³-hybridized carbons (Fsp3) is 0.722. The highest BCUT2D eigenvalue weighted by Gasteiger charge is 2.08. The molecule has 1 unspecified atom stereocenters. The van der Waals surface area contributed by atoms with E-state index in [2.05, 4.69) is 32.9 Å². The molecule has 0 aliphatic rings. The van der Waals surface area contributed by atoms with Crippen molar-refractivity contribution in [3.8, 4) is 0 Å². The molecule has 2 nitrogen and oxygen atoms in total. The summed E-state index contributed by atoms with van der Waals surface area (Å²) in [5, 5.41) is 8.81. The Labute approximate surface area is 125 Å². The molecule has 0 aliphatic carbocycles. The van der Waals surface area contributed by atoms with Crippen molar-refractivity contribution in [3.05, 3.63) is 23.3 Å². The van der Waals surface area contributed by atoms with Crippen molar-refractivity contribution < 1.29 is 9.90 Å². The van der Waals surface area contributed by atoms with Crippen LogP contribution in [-0.2, 0) is 4.79 Å². The lowest BCUT2D eigenvalue weighted by Crippen LogP contribution is -2.08. The van der Waals surface area contributed by atoms with E-state index in [0.717, 1.165) is 19.3 Å². The average molecular weight is 280 g/mol. The second-order valence-electron chi connectivity index (χ2n) is 5.91. The number of aliphatic carboxylic acids is 1. The van der Waals surface area contributed by atoms with Gasteiger partial charge in [-0.15, -0.1) is 0 Å². The van der Waals surface area contributed by atoms with Gasteiger partial charge >= 0.3 is 5.97 Å². The van der Waals surface area contributed by atoms with Gasteiger partial charge in [-0.1, -0.05) is 50.0 Å². The van der Waals surface area contributed by atoms with Crippen LogP contribution in [0.2, 0.25) is 0 Å². The molecule has 0 radical (unpaired) electrons. The summed E-state index contributed by atoms with van der Waals surface area (Å²) in [5.41, 5.74) is 2.90. The van der Waals surface area contributed by atoms with Crippen molar-refractivity contribution in [2.45, 2.75) is 79.1 Å². The van der Waals surface area contributed by atoms with E-state index in [1.54, 1.807) is 6.92 Å². The van der Waals surface area contributed by atoms with Crippen molar-refractivity contribution in [2.24, 2.45) is 5.92 Å². The molecule has 0 saturated carbocycles. The zero-order valence-corrected chi connectivity index (χ0v) is 13.7. The molecule has 0 fully saturated rings. The molecule has 0 heterocycles. The highest BCUT2D eigenvalue weighted by Crippen LogP contribution is 2.15. The molecule has 0 aromatic heterocycles. The standard InChI is InChI=1S/C18H32O2/c1-5-6-7-10-15(2)11-8-12-16(3)13-9-14-17(4)18(19)20/h10,13,17H,5-9,11-12,14H2,1-4H3,(H,19,20)/b15-10+,16-13+. The normalized spacial score (nSPS) is 14.4. The lowest BCUT2D eigenvalue weighted by Gasteiger charge is -2.05. The molecule has 0 bridgehead atoms. The first-order chi connectivity index (χ1) is 9.47. The Kier molecular flexibility index (Phi) is 11.1. The molecule has 0 aromatic rings. The minimum absolute atomic E-state index is 0.234. The Morgan fingerprint density at radius 1 is 1.05 bits per heavy atom. The first-order valence-electron chi connectivity index (χ1n) is 8.01. The zero-order valence-electron chi connectivity index (χ0n) is 13.7. The van der Waals surface area contributed by atoms with Gasteiger partial charge in [-0.05, 0) is 52.4 Å². The maximum absolute atomic E-state index is 10.7. The Balaban J connectivity index is 3.78. The molecule has 0 aliphatic heterocycles. The second-order valence-corrected chi connectivity index (χ2v) is 5.91. The van der Waals surface area contributed by atoms with Crippen LogP contribution >= 0.6 is 0 Å². The van der Waals surface area contributed by atoms with E-state index < -0.39 is 5.97 Å². The van der Waals surface area contributed by atoms with Gasteiger partial charge in [0.15, 0.2) is 0 Å². The van der Waals surface area contributed by atoms with Crippen LogP contribution in [0.15, 0.2) is 23.3 Å². The molecule has 2 heteroatoms. The summed E-state index contributed by atoms with van der Waals surface area (Å²) in [6.45, 7) is 8.38. The van der Waals surface area contributed by atoms with Gasteiger partial charge in [0.25, 0.3) is 0 Å². The van der Waals surface area contributed by atoms with Crippen LogP contribution in [0, 0.1) is 5.92 Å². The molecule has 0 aromatic carbocycles. The molecular weight excluding hydrogens is 248 g/mol. The van der Waals surface area contributed by atoms with Crippen LogP contribution in [0.1, 0.15) is 79.1 Å². The summed E-state index contributed by atoms with van der Waals surface area (Å²) < 4.78 is 0. The monoisotopic (exact) mass is 280 g/mol. The quantitative estimate of drug-likeness (QED) is 0.387. The number of hydrogen-bond acceptors (Lipinski definition) is 1. The number of unbranched alkanes of at least 4 members (excludes halogenated alkanes) is 2. The van der Waals surface area contributed by atoms with E-state index in [4.69, 9.17) is 5.11 Å². The number of allylic oxidation sites excluding steroid dienone is 4. The fourth-order valence-corrected chi connectivity index (χ4v) is 2.11. The Morgan fingerprint density at radius 2 is 1.60 bits per heavy atom. The third-order valence-electron chi connectivity index (χ3n) is 3.71. The third kappa shape index (κ3) is 10.8. The third-order valence-corrected chi connectivity index (χ3v) is 3.71. The number of carboxylic acids is 1. The van der Waals surface area contributed by atoms with Gasteiger partial charge in [0.2, 0.25) is 0 Å². The van der Waals surface area contributed by atoms with Gasteiger partial charge in [-0.2, -0.15) is 0 Å².